The second-order valence-corrected chi connectivity index (χ2v) is 9.65. The first-order valence-electron chi connectivity index (χ1n) is 11.1. The van der Waals surface area contributed by atoms with Crippen molar-refractivity contribution in [3.05, 3.63) is 106 Å². The maximum absolute atomic E-state index is 13.5. The molecule has 7 heteroatoms. The van der Waals surface area contributed by atoms with Crippen molar-refractivity contribution in [2.75, 3.05) is 12.3 Å². The largest absolute Gasteiger partial charge is 0.355 e. The molecule has 3 aromatic rings. The van der Waals surface area contributed by atoms with Crippen molar-refractivity contribution < 1.29 is 9.59 Å². The van der Waals surface area contributed by atoms with Gasteiger partial charge in [-0.2, -0.15) is 0 Å². The number of carbonyl (C=O) groups excluding carboxylic acids is 2. The Hall–Kier alpha value is -2.47. The van der Waals surface area contributed by atoms with E-state index in [2.05, 4.69) is 5.32 Å². The van der Waals surface area contributed by atoms with Crippen LogP contribution >= 0.6 is 35.0 Å². The van der Waals surface area contributed by atoms with Gasteiger partial charge < -0.3 is 10.2 Å². The maximum Gasteiger partial charge on any atom is 0.243 e. The van der Waals surface area contributed by atoms with Crippen LogP contribution in [-0.2, 0) is 28.3 Å². The summed E-state index contributed by atoms with van der Waals surface area (Å²) in [6.07, 6.45) is 0.420. The molecule has 0 saturated carbocycles. The molecule has 1 N–H and O–H groups in total. The van der Waals surface area contributed by atoms with Gasteiger partial charge >= 0.3 is 0 Å². The number of hydrogen-bond acceptors (Lipinski definition) is 3. The zero-order valence-electron chi connectivity index (χ0n) is 19.0. The normalized spacial score (nSPS) is 11.6. The summed E-state index contributed by atoms with van der Waals surface area (Å²) in [5.41, 5.74) is 2.96. The van der Waals surface area contributed by atoms with Gasteiger partial charge in [0.25, 0.3) is 0 Å². The van der Waals surface area contributed by atoms with Crippen LogP contribution in [0.25, 0.3) is 0 Å². The fourth-order valence-corrected chi connectivity index (χ4v) is 4.79. The number of benzene rings is 3. The SMILES string of the molecule is CCNC(=O)C(Cc1ccccc1)N(Cc1ccc(Cl)c(Cl)c1)C(=O)CSCc1ccccc1. The highest BCUT2D eigenvalue weighted by molar-refractivity contribution is 7.99. The summed E-state index contributed by atoms with van der Waals surface area (Å²) in [6.45, 7) is 2.62. The number of halogens is 2. The van der Waals surface area contributed by atoms with E-state index < -0.39 is 6.04 Å². The van der Waals surface area contributed by atoms with Crippen LogP contribution in [0.4, 0.5) is 0 Å². The molecule has 0 saturated heterocycles. The van der Waals surface area contributed by atoms with Gasteiger partial charge in [-0.15, -0.1) is 11.8 Å². The zero-order valence-corrected chi connectivity index (χ0v) is 21.4. The first-order valence-corrected chi connectivity index (χ1v) is 13.1. The van der Waals surface area contributed by atoms with Crippen LogP contribution in [0.15, 0.2) is 78.9 Å². The molecule has 178 valence electrons. The average Bonchev–Trinajstić information content (AvgIpc) is 2.85. The molecule has 0 fully saturated rings. The lowest BCUT2D eigenvalue weighted by molar-refractivity contribution is -0.139. The topological polar surface area (TPSA) is 49.4 Å². The highest BCUT2D eigenvalue weighted by Crippen LogP contribution is 2.25. The number of rotatable bonds is 11. The Morgan fingerprint density at radius 3 is 2.15 bits per heavy atom. The molecular weight excluding hydrogens is 487 g/mol. The third-order valence-corrected chi connectivity index (χ3v) is 7.02. The Labute approximate surface area is 215 Å². The van der Waals surface area contributed by atoms with Crippen molar-refractivity contribution in [3.8, 4) is 0 Å². The van der Waals surface area contributed by atoms with Crippen LogP contribution in [0, 0.1) is 0 Å². The molecule has 0 aliphatic carbocycles. The standard InChI is InChI=1S/C27H28Cl2N2O2S/c1-2-30-27(33)25(16-20-9-5-3-6-10-20)31(17-22-13-14-23(28)24(29)15-22)26(32)19-34-18-21-11-7-4-8-12-21/h3-15,25H,2,16-19H2,1H3,(H,30,33). The third-order valence-electron chi connectivity index (χ3n) is 5.30. The second kappa shape index (κ2) is 13.4. The number of nitrogens with zero attached hydrogens (tertiary/aromatic N) is 1. The van der Waals surface area contributed by atoms with E-state index in [0.717, 1.165) is 22.4 Å². The minimum atomic E-state index is -0.651. The monoisotopic (exact) mass is 514 g/mol. The summed E-state index contributed by atoms with van der Waals surface area (Å²) in [7, 11) is 0. The summed E-state index contributed by atoms with van der Waals surface area (Å²) in [5, 5.41) is 3.77. The van der Waals surface area contributed by atoms with E-state index in [1.54, 1.807) is 17.0 Å². The summed E-state index contributed by atoms with van der Waals surface area (Å²) in [6, 6.07) is 24.4. The zero-order chi connectivity index (χ0) is 24.3. The molecule has 1 atom stereocenters. The molecule has 0 aromatic heterocycles. The predicted octanol–water partition coefficient (Wildman–Crippen LogP) is 6.00. The van der Waals surface area contributed by atoms with Crippen molar-refractivity contribution in [2.24, 2.45) is 0 Å². The maximum atomic E-state index is 13.5. The van der Waals surface area contributed by atoms with Crippen molar-refractivity contribution in [3.63, 3.8) is 0 Å². The van der Waals surface area contributed by atoms with Gasteiger partial charge in [-0.05, 0) is 35.7 Å². The lowest BCUT2D eigenvalue weighted by Gasteiger charge is -2.31. The summed E-state index contributed by atoms with van der Waals surface area (Å²) >= 11 is 13.9. The average molecular weight is 516 g/mol. The minimum Gasteiger partial charge on any atom is -0.355 e. The molecule has 1 unspecified atom stereocenters. The number of nitrogens with one attached hydrogen (secondary N) is 1. The Kier molecular flexibility index (Phi) is 10.3. The van der Waals surface area contributed by atoms with Gasteiger partial charge in [-0.1, -0.05) is 89.9 Å². The number of amides is 2. The number of hydrogen-bond donors (Lipinski definition) is 1. The van der Waals surface area contributed by atoms with E-state index in [-0.39, 0.29) is 24.1 Å². The number of likely N-dealkylation sites (N-methyl/N-ethyl adjacent to an activating group) is 1. The number of thioether (sulfide) groups is 1. The molecular formula is C27H28Cl2N2O2S. The predicted molar refractivity (Wildman–Crippen MR) is 142 cm³/mol. The van der Waals surface area contributed by atoms with Crippen molar-refractivity contribution in [2.45, 2.75) is 31.7 Å². The molecule has 2 amide bonds. The quantitative estimate of drug-likeness (QED) is 0.341. The van der Waals surface area contributed by atoms with Crippen LogP contribution in [0.3, 0.4) is 0 Å². The summed E-state index contributed by atoms with van der Waals surface area (Å²) < 4.78 is 0. The summed E-state index contributed by atoms with van der Waals surface area (Å²) in [5.74, 6) is 0.713. The Morgan fingerprint density at radius 1 is 0.882 bits per heavy atom. The van der Waals surface area contributed by atoms with E-state index >= 15 is 0 Å². The molecule has 0 aliphatic heterocycles. The molecule has 0 aliphatic rings. The van der Waals surface area contributed by atoms with Crippen molar-refractivity contribution in [1.82, 2.24) is 10.2 Å². The molecule has 4 nitrogen and oxygen atoms in total. The first kappa shape index (κ1) is 26.1. The van der Waals surface area contributed by atoms with E-state index in [1.807, 2.05) is 73.7 Å². The first-order chi connectivity index (χ1) is 16.5. The van der Waals surface area contributed by atoms with Gasteiger partial charge in [-0.25, -0.2) is 0 Å². The van der Waals surface area contributed by atoms with Crippen LogP contribution in [0.5, 0.6) is 0 Å². The van der Waals surface area contributed by atoms with Crippen LogP contribution in [0.1, 0.15) is 23.6 Å². The van der Waals surface area contributed by atoms with E-state index in [0.29, 0.717) is 23.0 Å². The minimum absolute atomic E-state index is 0.0980. The van der Waals surface area contributed by atoms with Gasteiger partial charge in [0.05, 0.1) is 15.8 Å². The van der Waals surface area contributed by atoms with Crippen LogP contribution in [0.2, 0.25) is 10.0 Å². The molecule has 3 rings (SSSR count). The second-order valence-electron chi connectivity index (χ2n) is 7.85. The van der Waals surface area contributed by atoms with E-state index in [4.69, 9.17) is 23.2 Å². The van der Waals surface area contributed by atoms with Crippen molar-refractivity contribution >= 4 is 46.8 Å². The van der Waals surface area contributed by atoms with Gasteiger partial charge in [0.1, 0.15) is 6.04 Å². The Balaban J connectivity index is 1.85. The van der Waals surface area contributed by atoms with Gasteiger partial charge in [-0.3, -0.25) is 9.59 Å². The smallest absolute Gasteiger partial charge is 0.243 e. The molecule has 0 spiro atoms. The molecule has 0 heterocycles. The fourth-order valence-electron chi connectivity index (χ4n) is 3.59. The molecule has 3 aromatic carbocycles. The highest BCUT2D eigenvalue weighted by atomic mass is 35.5. The summed E-state index contributed by atoms with van der Waals surface area (Å²) in [4.78, 5) is 28.3. The molecule has 0 radical (unpaired) electrons. The van der Waals surface area contributed by atoms with Gasteiger partial charge in [0, 0.05) is 25.3 Å². The van der Waals surface area contributed by atoms with Crippen LogP contribution in [-0.4, -0.2) is 35.1 Å². The Bertz CT molecular complexity index is 1080. The van der Waals surface area contributed by atoms with E-state index in [9.17, 15) is 9.59 Å². The van der Waals surface area contributed by atoms with Gasteiger partial charge in [0.2, 0.25) is 11.8 Å². The molecule has 34 heavy (non-hydrogen) atoms. The third kappa shape index (κ3) is 7.79. The van der Waals surface area contributed by atoms with Gasteiger partial charge in [0.15, 0.2) is 0 Å². The van der Waals surface area contributed by atoms with Crippen LogP contribution < -0.4 is 5.32 Å². The highest BCUT2D eigenvalue weighted by Gasteiger charge is 2.30. The fraction of sp³-hybridized carbons (Fsp3) is 0.259. The molecule has 0 bridgehead atoms. The number of carbonyl (C=O) groups is 2. The van der Waals surface area contributed by atoms with Crippen molar-refractivity contribution in [1.29, 1.82) is 0 Å². The lowest BCUT2D eigenvalue weighted by atomic mass is 10.0. The van der Waals surface area contributed by atoms with E-state index in [1.165, 1.54) is 11.8 Å². The lowest BCUT2D eigenvalue weighted by Crippen LogP contribution is -2.51. The Morgan fingerprint density at radius 2 is 1.53 bits per heavy atom.